The van der Waals surface area contributed by atoms with E-state index < -0.39 is 10.2 Å². The molecule has 2 N–H and O–H groups in total. The standard InChI is InChI=1S/C13H29N3O2S/c1-11-8-12(2)10-13(9-11)15-19(17,18)16(4)7-5-6-14-3/h11-15H,5-10H2,1-4H3. The van der Waals surface area contributed by atoms with Crippen molar-refractivity contribution in [2.24, 2.45) is 11.8 Å². The Morgan fingerprint density at radius 3 is 2.26 bits per heavy atom. The first-order valence-electron chi connectivity index (χ1n) is 7.23. The molecule has 1 rings (SSSR count). The minimum absolute atomic E-state index is 0.0931. The zero-order chi connectivity index (χ0) is 14.5. The molecule has 5 nitrogen and oxygen atoms in total. The lowest BCUT2D eigenvalue weighted by Crippen LogP contribution is -2.46. The predicted molar refractivity (Wildman–Crippen MR) is 79.2 cm³/mol. The SMILES string of the molecule is CNCCCN(C)S(=O)(=O)NC1CC(C)CC(C)C1. The smallest absolute Gasteiger partial charge is 0.279 e. The average Bonchev–Trinajstić information content (AvgIpc) is 2.26. The average molecular weight is 291 g/mol. The van der Waals surface area contributed by atoms with Crippen LogP contribution in [0.5, 0.6) is 0 Å². The number of hydrogen-bond acceptors (Lipinski definition) is 3. The fraction of sp³-hybridized carbons (Fsp3) is 1.00. The van der Waals surface area contributed by atoms with Crippen LogP contribution in [0.4, 0.5) is 0 Å². The van der Waals surface area contributed by atoms with Crippen molar-refractivity contribution in [2.45, 2.75) is 45.6 Å². The van der Waals surface area contributed by atoms with Crippen molar-refractivity contribution in [3.8, 4) is 0 Å². The third kappa shape index (κ3) is 5.77. The lowest BCUT2D eigenvalue weighted by atomic mass is 9.81. The quantitative estimate of drug-likeness (QED) is 0.693. The summed E-state index contributed by atoms with van der Waals surface area (Å²) in [6.07, 6.45) is 3.93. The topological polar surface area (TPSA) is 61.4 Å². The minimum atomic E-state index is -3.33. The van der Waals surface area contributed by atoms with Gasteiger partial charge in [-0.15, -0.1) is 0 Å². The van der Waals surface area contributed by atoms with E-state index in [-0.39, 0.29) is 6.04 Å². The molecule has 1 fully saturated rings. The first-order valence-corrected chi connectivity index (χ1v) is 8.67. The van der Waals surface area contributed by atoms with Crippen molar-refractivity contribution in [1.82, 2.24) is 14.3 Å². The Labute approximate surface area is 118 Å². The lowest BCUT2D eigenvalue weighted by Gasteiger charge is -2.32. The van der Waals surface area contributed by atoms with E-state index in [1.54, 1.807) is 7.05 Å². The summed E-state index contributed by atoms with van der Waals surface area (Å²) < 4.78 is 28.7. The first kappa shape index (κ1) is 16.9. The van der Waals surface area contributed by atoms with Crippen LogP contribution in [0.15, 0.2) is 0 Å². The summed E-state index contributed by atoms with van der Waals surface area (Å²) in [6.45, 7) is 5.78. The summed E-state index contributed by atoms with van der Waals surface area (Å²) in [5.74, 6) is 1.21. The maximum absolute atomic E-state index is 12.2. The van der Waals surface area contributed by atoms with Crippen LogP contribution in [-0.4, -0.2) is 45.9 Å². The molecule has 0 spiro atoms. The lowest BCUT2D eigenvalue weighted by molar-refractivity contribution is 0.255. The van der Waals surface area contributed by atoms with Crippen LogP contribution >= 0.6 is 0 Å². The third-order valence-electron chi connectivity index (χ3n) is 3.80. The molecule has 0 heterocycles. The number of rotatable bonds is 7. The van der Waals surface area contributed by atoms with E-state index in [0.717, 1.165) is 25.8 Å². The van der Waals surface area contributed by atoms with E-state index >= 15 is 0 Å². The maximum Gasteiger partial charge on any atom is 0.279 e. The second kappa shape index (κ2) is 7.57. The van der Waals surface area contributed by atoms with Crippen LogP contribution in [-0.2, 0) is 10.2 Å². The van der Waals surface area contributed by atoms with Crippen molar-refractivity contribution in [3.63, 3.8) is 0 Å². The highest BCUT2D eigenvalue weighted by Gasteiger charge is 2.28. The van der Waals surface area contributed by atoms with Gasteiger partial charge in [-0.2, -0.15) is 17.4 Å². The van der Waals surface area contributed by atoms with E-state index in [4.69, 9.17) is 0 Å². The van der Waals surface area contributed by atoms with Gasteiger partial charge in [0.25, 0.3) is 10.2 Å². The van der Waals surface area contributed by atoms with E-state index in [2.05, 4.69) is 23.9 Å². The summed E-state index contributed by atoms with van der Waals surface area (Å²) in [6, 6.07) is 0.0931. The van der Waals surface area contributed by atoms with Gasteiger partial charge in [-0.3, -0.25) is 0 Å². The number of nitrogens with zero attached hydrogens (tertiary/aromatic N) is 1. The summed E-state index contributed by atoms with van der Waals surface area (Å²) >= 11 is 0. The van der Waals surface area contributed by atoms with Gasteiger partial charge >= 0.3 is 0 Å². The Morgan fingerprint density at radius 2 is 1.74 bits per heavy atom. The molecule has 2 atom stereocenters. The zero-order valence-corrected chi connectivity index (χ0v) is 13.5. The molecule has 1 aliphatic rings. The Morgan fingerprint density at radius 1 is 1.16 bits per heavy atom. The Kier molecular flexibility index (Phi) is 6.73. The van der Waals surface area contributed by atoms with Crippen LogP contribution in [0.2, 0.25) is 0 Å². The highest BCUT2D eigenvalue weighted by atomic mass is 32.2. The second-order valence-electron chi connectivity index (χ2n) is 6.02. The van der Waals surface area contributed by atoms with E-state index in [0.29, 0.717) is 18.4 Å². The Bertz CT molecular complexity index is 349. The van der Waals surface area contributed by atoms with Crippen molar-refractivity contribution in [1.29, 1.82) is 0 Å². The molecule has 2 unspecified atom stereocenters. The molecule has 0 aromatic rings. The molecule has 0 bridgehead atoms. The van der Waals surface area contributed by atoms with Crippen molar-refractivity contribution < 1.29 is 8.42 Å². The van der Waals surface area contributed by atoms with Crippen LogP contribution < -0.4 is 10.0 Å². The first-order chi connectivity index (χ1) is 8.85. The molecule has 0 radical (unpaired) electrons. The van der Waals surface area contributed by atoms with Gasteiger partial charge in [-0.1, -0.05) is 13.8 Å². The fourth-order valence-electron chi connectivity index (χ4n) is 2.94. The fourth-order valence-corrected chi connectivity index (χ4v) is 4.11. The van der Waals surface area contributed by atoms with Gasteiger partial charge in [0.2, 0.25) is 0 Å². The summed E-state index contributed by atoms with van der Waals surface area (Å²) in [7, 11) is 0.187. The molecule has 0 amide bonds. The van der Waals surface area contributed by atoms with Gasteiger partial charge in [0.05, 0.1) is 0 Å². The third-order valence-corrected chi connectivity index (χ3v) is 5.44. The molecule has 1 saturated carbocycles. The van der Waals surface area contributed by atoms with Crippen molar-refractivity contribution in [3.05, 3.63) is 0 Å². The highest BCUT2D eigenvalue weighted by molar-refractivity contribution is 7.87. The van der Waals surface area contributed by atoms with Gasteiger partial charge in [0.15, 0.2) is 0 Å². The van der Waals surface area contributed by atoms with Gasteiger partial charge in [-0.05, 0) is 51.1 Å². The molecular weight excluding hydrogens is 262 g/mol. The Hall–Kier alpha value is -0.170. The van der Waals surface area contributed by atoms with Gasteiger partial charge in [0.1, 0.15) is 0 Å². The monoisotopic (exact) mass is 291 g/mol. The molecule has 1 aliphatic carbocycles. The van der Waals surface area contributed by atoms with Crippen molar-refractivity contribution >= 4 is 10.2 Å². The molecular formula is C13H29N3O2S. The molecule has 6 heteroatoms. The van der Waals surface area contributed by atoms with Crippen LogP contribution in [0.3, 0.4) is 0 Å². The largest absolute Gasteiger partial charge is 0.320 e. The van der Waals surface area contributed by atoms with Gasteiger partial charge < -0.3 is 5.32 Å². The minimum Gasteiger partial charge on any atom is -0.320 e. The van der Waals surface area contributed by atoms with Gasteiger partial charge in [0, 0.05) is 19.6 Å². The summed E-state index contributed by atoms with van der Waals surface area (Å²) in [5, 5.41) is 3.03. The van der Waals surface area contributed by atoms with Gasteiger partial charge in [-0.25, -0.2) is 0 Å². The van der Waals surface area contributed by atoms with E-state index in [9.17, 15) is 8.42 Å². The Balaban J connectivity index is 2.48. The predicted octanol–water partition coefficient (Wildman–Crippen LogP) is 1.19. The normalized spacial score (nSPS) is 28.8. The maximum atomic E-state index is 12.2. The molecule has 0 aliphatic heterocycles. The van der Waals surface area contributed by atoms with E-state index in [1.807, 2.05) is 7.05 Å². The van der Waals surface area contributed by atoms with E-state index in [1.165, 1.54) is 10.7 Å². The highest BCUT2D eigenvalue weighted by Crippen LogP contribution is 2.28. The molecule has 0 aromatic heterocycles. The molecule has 0 aromatic carbocycles. The molecule has 114 valence electrons. The van der Waals surface area contributed by atoms with Crippen LogP contribution in [0.1, 0.15) is 39.5 Å². The van der Waals surface area contributed by atoms with Crippen molar-refractivity contribution in [2.75, 3.05) is 27.2 Å². The summed E-state index contributed by atoms with van der Waals surface area (Å²) in [4.78, 5) is 0. The molecule has 19 heavy (non-hydrogen) atoms. The second-order valence-corrected chi connectivity index (χ2v) is 7.83. The summed E-state index contributed by atoms with van der Waals surface area (Å²) in [5.41, 5.74) is 0. The number of hydrogen-bond donors (Lipinski definition) is 2. The zero-order valence-electron chi connectivity index (χ0n) is 12.6. The number of nitrogens with one attached hydrogen (secondary N) is 2. The van der Waals surface area contributed by atoms with Crippen LogP contribution in [0, 0.1) is 11.8 Å². The molecule has 0 saturated heterocycles. The van der Waals surface area contributed by atoms with Crippen LogP contribution in [0.25, 0.3) is 0 Å².